The van der Waals surface area contributed by atoms with Crippen LogP contribution in [0.1, 0.15) is 19.3 Å². The maximum atomic E-state index is 6.13. The minimum atomic E-state index is 0.238. The Labute approximate surface area is 129 Å². The molecule has 0 radical (unpaired) electrons. The van der Waals surface area contributed by atoms with Gasteiger partial charge in [-0.05, 0) is 43.5 Å². The number of benzene rings is 1. The maximum Gasteiger partial charge on any atom is 0.128 e. The standard InChI is InChI=1S/C16H19ClN2O2/c1-20-16-6-5-12(17)10-14(16)15-7-8-18-19(15)11-13-4-2-3-9-21-13/h5-8,10,13H,2-4,9,11H2,1H3. The minimum absolute atomic E-state index is 0.238. The largest absolute Gasteiger partial charge is 0.496 e. The molecule has 1 aromatic carbocycles. The molecule has 1 fully saturated rings. The summed E-state index contributed by atoms with van der Waals surface area (Å²) in [6.07, 6.45) is 5.51. The number of rotatable bonds is 4. The van der Waals surface area contributed by atoms with Gasteiger partial charge in [-0.1, -0.05) is 11.6 Å². The summed E-state index contributed by atoms with van der Waals surface area (Å²) in [6.45, 7) is 1.61. The fourth-order valence-corrected chi connectivity index (χ4v) is 2.90. The van der Waals surface area contributed by atoms with Crippen LogP contribution >= 0.6 is 11.6 Å². The van der Waals surface area contributed by atoms with Crippen molar-refractivity contribution in [1.82, 2.24) is 9.78 Å². The summed E-state index contributed by atoms with van der Waals surface area (Å²) >= 11 is 6.13. The Balaban J connectivity index is 1.89. The zero-order valence-corrected chi connectivity index (χ0v) is 12.8. The molecule has 0 amide bonds. The topological polar surface area (TPSA) is 36.3 Å². The van der Waals surface area contributed by atoms with Gasteiger partial charge in [0.15, 0.2) is 0 Å². The summed E-state index contributed by atoms with van der Waals surface area (Å²) in [6, 6.07) is 7.60. The summed E-state index contributed by atoms with van der Waals surface area (Å²) in [7, 11) is 1.66. The van der Waals surface area contributed by atoms with Crippen molar-refractivity contribution < 1.29 is 9.47 Å². The first kappa shape index (κ1) is 14.4. The van der Waals surface area contributed by atoms with Crippen molar-refractivity contribution in [2.75, 3.05) is 13.7 Å². The van der Waals surface area contributed by atoms with Crippen LogP contribution < -0.4 is 4.74 Å². The molecule has 1 aromatic heterocycles. The molecule has 0 aliphatic carbocycles. The van der Waals surface area contributed by atoms with Gasteiger partial charge in [0.25, 0.3) is 0 Å². The van der Waals surface area contributed by atoms with Gasteiger partial charge >= 0.3 is 0 Å². The van der Waals surface area contributed by atoms with Crippen molar-refractivity contribution >= 4 is 11.6 Å². The highest BCUT2D eigenvalue weighted by atomic mass is 35.5. The fraction of sp³-hybridized carbons (Fsp3) is 0.438. The summed E-state index contributed by atoms with van der Waals surface area (Å²) in [4.78, 5) is 0. The molecule has 1 atom stereocenters. The van der Waals surface area contributed by atoms with Crippen molar-refractivity contribution in [3.63, 3.8) is 0 Å². The van der Waals surface area contributed by atoms with Gasteiger partial charge in [-0.3, -0.25) is 4.68 Å². The van der Waals surface area contributed by atoms with Gasteiger partial charge in [0.05, 0.1) is 25.5 Å². The molecular formula is C16H19ClN2O2. The van der Waals surface area contributed by atoms with Crippen molar-refractivity contribution in [2.24, 2.45) is 0 Å². The van der Waals surface area contributed by atoms with Gasteiger partial charge in [0.1, 0.15) is 5.75 Å². The van der Waals surface area contributed by atoms with Crippen LogP contribution in [0.5, 0.6) is 5.75 Å². The molecule has 0 bridgehead atoms. The number of aromatic nitrogens is 2. The Morgan fingerprint density at radius 2 is 2.29 bits per heavy atom. The lowest BCUT2D eigenvalue weighted by Crippen LogP contribution is -2.25. The van der Waals surface area contributed by atoms with Gasteiger partial charge in [-0.25, -0.2) is 0 Å². The minimum Gasteiger partial charge on any atom is -0.496 e. The van der Waals surface area contributed by atoms with Gasteiger partial charge in [-0.15, -0.1) is 0 Å². The molecule has 5 heteroatoms. The molecule has 3 rings (SSSR count). The van der Waals surface area contributed by atoms with E-state index in [2.05, 4.69) is 5.10 Å². The van der Waals surface area contributed by atoms with E-state index in [-0.39, 0.29) is 6.10 Å². The molecule has 2 heterocycles. The van der Waals surface area contributed by atoms with Crippen LogP contribution in [0, 0.1) is 0 Å². The molecule has 4 nitrogen and oxygen atoms in total. The Hall–Kier alpha value is -1.52. The molecule has 21 heavy (non-hydrogen) atoms. The molecule has 0 saturated carbocycles. The van der Waals surface area contributed by atoms with Gasteiger partial charge in [-0.2, -0.15) is 5.10 Å². The zero-order valence-electron chi connectivity index (χ0n) is 12.1. The van der Waals surface area contributed by atoms with E-state index in [0.29, 0.717) is 5.02 Å². The average molecular weight is 307 g/mol. The highest BCUT2D eigenvalue weighted by molar-refractivity contribution is 6.30. The summed E-state index contributed by atoms with van der Waals surface area (Å²) in [5.41, 5.74) is 1.96. The lowest BCUT2D eigenvalue weighted by atomic mass is 10.1. The summed E-state index contributed by atoms with van der Waals surface area (Å²) < 4.78 is 13.2. The number of hydrogen-bond donors (Lipinski definition) is 0. The monoisotopic (exact) mass is 306 g/mol. The smallest absolute Gasteiger partial charge is 0.128 e. The van der Waals surface area contributed by atoms with Crippen LogP contribution in [0.25, 0.3) is 11.3 Å². The summed E-state index contributed by atoms with van der Waals surface area (Å²) in [5, 5.41) is 5.12. The maximum absolute atomic E-state index is 6.13. The highest BCUT2D eigenvalue weighted by Crippen LogP contribution is 2.32. The van der Waals surface area contributed by atoms with Crippen LogP contribution in [0.4, 0.5) is 0 Å². The molecule has 1 saturated heterocycles. The Kier molecular flexibility index (Phi) is 4.46. The number of methoxy groups -OCH3 is 1. The Morgan fingerprint density at radius 3 is 3.05 bits per heavy atom. The number of hydrogen-bond acceptors (Lipinski definition) is 3. The molecule has 1 aliphatic heterocycles. The summed E-state index contributed by atoms with van der Waals surface area (Å²) in [5.74, 6) is 0.797. The average Bonchev–Trinajstić information content (AvgIpc) is 2.96. The first-order valence-electron chi connectivity index (χ1n) is 7.25. The van der Waals surface area contributed by atoms with Crippen molar-refractivity contribution in [3.8, 4) is 17.0 Å². The SMILES string of the molecule is COc1ccc(Cl)cc1-c1ccnn1CC1CCCCO1. The van der Waals surface area contributed by atoms with Crippen LogP contribution in [0.2, 0.25) is 5.02 Å². The quantitative estimate of drug-likeness (QED) is 0.862. The molecule has 1 unspecified atom stereocenters. The van der Waals surface area contributed by atoms with Crippen molar-refractivity contribution in [1.29, 1.82) is 0 Å². The second-order valence-corrected chi connectivity index (χ2v) is 5.67. The second-order valence-electron chi connectivity index (χ2n) is 5.23. The van der Waals surface area contributed by atoms with E-state index in [4.69, 9.17) is 21.1 Å². The van der Waals surface area contributed by atoms with Crippen LogP contribution in [0.15, 0.2) is 30.5 Å². The van der Waals surface area contributed by atoms with Crippen molar-refractivity contribution in [2.45, 2.75) is 31.9 Å². The normalized spacial score (nSPS) is 18.7. The number of ether oxygens (including phenoxy) is 2. The lowest BCUT2D eigenvalue weighted by Gasteiger charge is -2.23. The van der Waals surface area contributed by atoms with E-state index in [1.807, 2.05) is 28.9 Å². The van der Waals surface area contributed by atoms with Crippen LogP contribution in [-0.4, -0.2) is 29.6 Å². The molecule has 0 N–H and O–H groups in total. The number of nitrogens with zero attached hydrogens (tertiary/aromatic N) is 2. The molecule has 2 aromatic rings. The third-order valence-electron chi connectivity index (χ3n) is 3.80. The lowest BCUT2D eigenvalue weighted by molar-refractivity contribution is 0.00428. The predicted octanol–water partition coefficient (Wildman–Crippen LogP) is 3.78. The van der Waals surface area contributed by atoms with Crippen LogP contribution in [0.3, 0.4) is 0 Å². The van der Waals surface area contributed by atoms with Gasteiger partial charge in [0, 0.05) is 23.4 Å². The van der Waals surface area contributed by atoms with E-state index in [1.54, 1.807) is 13.3 Å². The molecular weight excluding hydrogens is 288 g/mol. The van der Waals surface area contributed by atoms with Crippen LogP contribution in [-0.2, 0) is 11.3 Å². The third-order valence-corrected chi connectivity index (χ3v) is 4.04. The highest BCUT2D eigenvalue weighted by Gasteiger charge is 2.18. The van der Waals surface area contributed by atoms with Gasteiger partial charge in [0.2, 0.25) is 0 Å². The number of halogens is 1. The first-order valence-corrected chi connectivity index (χ1v) is 7.63. The molecule has 0 spiro atoms. The van der Waals surface area contributed by atoms with E-state index < -0.39 is 0 Å². The molecule has 1 aliphatic rings. The predicted molar refractivity (Wildman–Crippen MR) is 82.8 cm³/mol. The second kappa shape index (κ2) is 6.50. The molecule has 112 valence electrons. The van der Waals surface area contributed by atoms with Crippen molar-refractivity contribution in [3.05, 3.63) is 35.5 Å². The Bertz CT molecular complexity index is 606. The van der Waals surface area contributed by atoms with Gasteiger partial charge < -0.3 is 9.47 Å². The Morgan fingerprint density at radius 1 is 1.38 bits per heavy atom. The van der Waals surface area contributed by atoms with E-state index in [9.17, 15) is 0 Å². The third kappa shape index (κ3) is 3.22. The van der Waals surface area contributed by atoms with E-state index in [0.717, 1.165) is 43.0 Å². The zero-order chi connectivity index (χ0) is 14.7. The van der Waals surface area contributed by atoms with E-state index >= 15 is 0 Å². The fourth-order valence-electron chi connectivity index (χ4n) is 2.73. The van der Waals surface area contributed by atoms with E-state index in [1.165, 1.54) is 6.42 Å². The first-order chi connectivity index (χ1) is 10.3.